The zero-order chi connectivity index (χ0) is 14.8. The summed E-state index contributed by atoms with van der Waals surface area (Å²) in [6, 6.07) is 2.67. The molecule has 1 aromatic rings. The molecule has 10 heteroatoms. The number of ether oxygens (including phenoxy) is 1. The summed E-state index contributed by atoms with van der Waals surface area (Å²) < 4.78 is 40.3. The lowest BCUT2D eigenvalue weighted by Gasteiger charge is -2.36. The van der Waals surface area contributed by atoms with Crippen molar-refractivity contribution in [2.75, 3.05) is 11.9 Å². The van der Waals surface area contributed by atoms with Gasteiger partial charge in [0, 0.05) is 6.07 Å². The Morgan fingerprint density at radius 2 is 2.00 bits per heavy atom. The molecule has 5 nitrogen and oxygen atoms in total. The van der Waals surface area contributed by atoms with Gasteiger partial charge in [0.05, 0.1) is 17.4 Å². The largest absolute Gasteiger partial charge is 0.468 e. The van der Waals surface area contributed by atoms with E-state index in [9.17, 15) is 18.0 Å². The molecule has 0 saturated heterocycles. The molecule has 1 aliphatic rings. The molecule has 1 aromatic heterocycles. The van der Waals surface area contributed by atoms with Crippen LogP contribution in [0.25, 0.3) is 0 Å². The first-order valence-corrected chi connectivity index (χ1v) is 6.04. The third-order valence-corrected chi connectivity index (χ3v) is 3.08. The summed E-state index contributed by atoms with van der Waals surface area (Å²) in [7, 11) is 0. The fourth-order valence-electron chi connectivity index (χ4n) is 1.74. The molecular weight excluding hydrogens is 346 g/mol. The van der Waals surface area contributed by atoms with Gasteiger partial charge in [-0.2, -0.15) is 13.2 Å². The highest BCUT2D eigenvalue weighted by Crippen LogP contribution is 2.30. The van der Waals surface area contributed by atoms with Crippen LogP contribution in [-0.2, 0) is 4.79 Å². The maximum Gasteiger partial charge on any atom is 0.422 e. The molecule has 1 saturated carbocycles. The number of pyridine rings is 1. The van der Waals surface area contributed by atoms with E-state index < -0.39 is 18.3 Å². The van der Waals surface area contributed by atoms with Gasteiger partial charge in [0.1, 0.15) is 0 Å². The Hall–Kier alpha value is -1.25. The van der Waals surface area contributed by atoms with Crippen molar-refractivity contribution in [3.8, 4) is 5.88 Å². The molecule has 1 aliphatic carbocycles. The van der Waals surface area contributed by atoms with Crippen LogP contribution >= 0.6 is 24.8 Å². The van der Waals surface area contributed by atoms with Crippen LogP contribution in [0.5, 0.6) is 5.88 Å². The van der Waals surface area contributed by atoms with Crippen molar-refractivity contribution < 1.29 is 22.7 Å². The average molecular weight is 362 g/mol. The van der Waals surface area contributed by atoms with Gasteiger partial charge < -0.3 is 15.8 Å². The zero-order valence-corrected chi connectivity index (χ0v) is 13.0. The lowest BCUT2D eigenvalue weighted by atomic mass is 9.77. The molecule has 0 spiro atoms. The lowest BCUT2D eigenvalue weighted by Crippen LogP contribution is -2.56. The van der Waals surface area contributed by atoms with Crippen molar-refractivity contribution in [2.45, 2.75) is 31.0 Å². The summed E-state index contributed by atoms with van der Waals surface area (Å²) in [5, 5.41) is 2.58. The van der Waals surface area contributed by atoms with Crippen LogP contribution in [0, 0.1) is 0 Å². The van der Waals surface area contributed by atoms with Crippen LogP contribution in [0.15, 0.2) is 18.3 Å². The Kier molecular flexibility index (Phi) is 7.40. The van der Waals surface area contributed by atoms with E-state index in [1.165, 1.54) is 18.3 Å². The number of anilines is 1. The summed E-state index contributed by atoms with van der Waals surface area (Å²) in [4.78, 5) is 15.5. The molecule has 0 atom stereocenters. The number of nitrogens with two attached hydrogens (primary N) is 1. The number of aromatic nitrogens is 1. The van der Waals surface area contributed by atoms with Crippen LogP contribution in [0.3, 0.4) is 0 Å². The Morgan fingerprint density at radius 1 is 1.36 bits per heavy atom. The molecule has 1 amide bonds. The van der Waals surface area contributed by atoms with Gasteiger partial charge in [-0.15, -0.1) is 24.8 Å². The van der Waals surface area contributed by atoms with Gasteiger partial charge in [0.2, 0.25) is 11.8 Å². The van der Waals surface area contributed by atoms with Crippen LogP contribution < -0.4 is 15.8 Å². The number of alkyl halides is 3. The SMILES string of the molecule is Cl.Cl.NC1(C(=O)Nc2ccc(OCC(F)(F)F)nc2)CCC1. The Balaban J connectivity index is 0.00000220. The topological polar surface area (TPSA) is 77.2 Å². The van der Waals surface area contributed by atoms with Crippen LogP contribution in [0.2, 0.25) is 0 Å². The second kappa shape index (κ2) is 7.85. The van der Waals surface area contributed by atoms with Gasteiger partial charge in [-0.25, -0.2) is 4.98 Å². The number of rotatable bonds is 4. The molecule has 0 aromatic carbocycles. The van der Waals surface area contributed by atoms with Crippen molar-refractivity contribution in [3.63, 3.8) is 0 Å². The number of carbonyl (C=O) groups is 1. The average Bonchev–Trinajstić information content (AvgIpc) is 2.34. The number of amides is 1. The summed E-state index contributed by atoms with van der Waals surface area (Å²) >= 11 is 0. The van der Waals surface area contributed by atoms with Gasteiger partial charge in [-0.1, -0.05) is 0 Å². The summed E-state index contributed by atoms with van der Waals surface area (Å²) in [5.41, 5.74) is 5.36. The summed E-state index contributed by atoms with van der Waals surface area (Å²) in [5.74, 6) is -0.471. The Bertz CT molecular complexity index is 493. The number of nitrogens with zero attached hydrogens (tertiary/aromatic N) is 1. The second-order valence-electron chi connectivity index (χ2n) is 4.75. The predicted octanol–water partition coefficient (Wildman–Crippen LogP) is 2.69. The number of hydrogen-bond donors (Lipinski definition) is 2. The number of carbonyl (C=O) groups excluding carboxylic acids is 1. The molecule has 22 heavy (non-hydrogen) atoms. The fourth-order valence-corrected chi connectivity index (χ4v) is 1.74. The third-order valence-electron chi connectivity index (χ3n) is 3.08. The highest BCUT2D eigenvalue weighted by molar-refractivity contribution is 5.98. The molecule has 3 N–H and O–H groups in total. The molecule has 0 radical (unpaired) electrons. The predicted molar refractivity (Wildman–Crippen MR) is 79.7 cm³/mol. The molecule has 1 fully saturated rings. The van der Waals surface area contributed by atoms with Crippen molar-refractivity contribution in [1.82, 2.24) is 4.98 Å². The number of hydrogen-bond acceptors (Lipinski definition) is 4. The number of halogens is 5. The molecular formula is C12H16Cl2F3N3O2. The smallest absolute Gasteiger partial charge is 0.422 e. The molecule has 2 rings (SSSR count). The highest BCUT2D eigenvalue weighted by atomic mass is 35.5. The molecule has 126 valence electrons. The Labute approximate surface area is 137 Å². The lowest BCUT2D eigenvalue weighted by molar-refractivity contribution is -0.154. The van der Waals surface area contributed by atoms with Crippen molar-refractivity contribution in [3.05, 3.63) is 18.3 Å². The van der Waals surface area contributed by atoms with Gasteiger partial charge in [0.15, 0.2) is 6.61 Å². The fraction of sp³-hybridized carbons (Fsp3) is 0.500. The molecule has 0 bridgehead atoms. The monoisotopic (exact) mass is 361 g/mol. The Morgan fingerprint density at radius 3 is 2.41 bits per heavy atom. The normalized spacial score (nSPS) is 15.6. The second-order valence-corrected chi connectivity index (χ2v) is 4.75. The van der Waals surface area contributed by atoms with Crippen LogP contribution in [0.1, 0.15) is 19.3 Å². The minimum atomic E-state index is -4.41. The van der Waals surface area contributed by atoms with Crippen LogP contribution in [0.4, 0.5) is 18.9 Å². The van der Waals surface area contributed by atoms with E-state index in [1.807, 2.05) is 0 Å². The van der Waals surface area contributed by atoms with E-state index >= 15 is 0 Å². The van der Waals surface area contributed by atoms with Crippen molar-refractivity contribution in [2.24, 2.45) is 5.73 Å². The third kappa shape index (κ3) is 5.51. The van der Waals surface area contributed by atoms with Gasteiger partial charge in [-0.3, -0.25) is 4.79 Å². The summed E-state index contributed by atoms with van der Waals surface area (Å²) in [6.45, 7) is -1.41. The maximum absolute atomic E-state index is 11.9. The standard InChI is InChI=1S/C12H14F3N3O2.2ClH/c13-12(14,15)7-20-9-3-2-8(6-17-9)18-10(19)11(16)4-1-5-11;;/h2-3,6H,1,4-5,7,16H2,(H,18,19);2*1H. The molecule has 0 aliphatic heterocycles. The van der Waals surface area contributed by atoms with Crippen LogP contribution in [-0.4, -0.2) is 29.2 Å². The van der Waals surface area contributed by atoms with Crippen molar-refractivity contribution in [1.29, 1.82) is 0 Å². The van der Waals surface area contributed by atoms with E-state index in [2.05, 4.69) is 15.0 Å². The minimum absolute atomic E-state index is 0. The number of nitrogens with one attached hydrogen (secondary N) is 1. The van der Waals surface area contributed by atoms with E-state index in [1.54, 1.807) is 0 Å². The first kappa shape index (κ1) is 20.8. The van der Waals surface area contributed by atoms with E-state index in [-0.39, 0.29) is 36.6 Å². The van der Waals surface area contributed by atoms with Crippen molar-refractivity contribution >= 4 is 36.4 Å². The van der Waals surface area contributed by atoms with E-state index in [0.29, 0.717) is 18.5 Å². The van der Waals surface area contributed by atoms with E-state index in [0.717, 1.165) is 6.42 Å². The first-order valence-electron chi connectivity index (χ1n) is 6.04. The quantitative estimate of drug-likeness (QED) is 0.864. The zero-order valence-electron chi connectivity index (χ0n) is 11.4. The van der Waals surface area contributed by atoms with Gasteiger partial charge in [-0.05, 0) is 25.3 Å². The minimum Gasteiger partial charge on any atom is -0.468 e. The van der Waals surface area contributed by atoms with Gasteiger partial charge >= 0.3 is 6.18 Å². The van der Waals surface area contributed by atoms with E-state index in [4.69, 9.17) is 5.73 Å². The van der Waals surface area contributed by atoms with Gasteiger partial charge in [0.25, 0.3) is 0 Å². The molecule has 1 heterocycles. The maximum atomic E-state index is 11.9. The highest BCUT2D eigenvalue weighted by Gasteiger charge is 2.40. The first-order chi connectivity index (χ1) is 9.28. The summed E-state index contributed by atoms with van der Waals surface area (Å²) in [6.07, 6.45) is -1.03. The molecule has 0 unspecified atom stereocenters.